The van der Waals surface area contributed by atoms with E-state index in [1.807, 2.05) is 0 Å². The van der Waals surface area contributed by atoms with Crippen LogP contribution in [0.1, 0.15) is 33.6 Å². The lowest BCUT2D eigenvalue weighted by Crippen LogP contribution is -2.44. The predicted octanol–water partition coefficient (Wildman–Crippen LogP) is 1.57. The van der Waals surface area contributed by atoms with Crippen molar-refractivity contribution in [2.75, 3.05) is 19.8 Å². The van der Waals surface area contributed by atoms with E-state index < -0.39 is 0 Å². The predicted molar refractivity (Wildman–Crippen MR) is 60.0 cm³/mol. The van der Waals surface area contributed by atoms with Crippen LogP contribution in [-0.4, -0.2) is 37.5 Å². The number of nitrogens with one attached hydrogen (secondary N) is 1. The summed E-state index contributed by atoms with van der Waals surface area (Å²) in [5.41, 5.74) is -0.0119. The molecule has 0 spiro atoms. The maximum Gasteiger partial charge on any atom is 0.0732 e. The minimum atomic E-state index is -0.0119. The van der Waals surface area contributed by atoms with Crippen LogP contribution in [0.3, 0.4) is 0 Å². The number of rotatable bonds is 2. The smallest absolute Gasteiger partial charge is 0.0732 e. The Hall–Kier alpha value is -0.120. The summed E-state index contributed by atoms with van der Waals surface area (Å²) in [7, 11) is 0. The minimum absolute atomic E-state index is 0.0119. The third kappa shape index (κ3) is 3.16. The molecule has 3 nitrogen and oxygen atoms in total. The van der Waals surface area contributed by atoms with Crippen molar-refractivity contribution in [1.29, 1.82) is 0 Å². The molecule has 0 aromatic rings. The first-order valence-electron chi connectivity index (χ1n) is 6.03. The number of morpholine rings is 1. The van der Waals surface area contributed by atoms with Gasteiger partial charge in [-0.1, -0.05) is 0 Å². The maximum absolute atomic E-state index is 5.84. The lowest BCUT2D eigenvalue weighted by atomic mass is 10.1. The normalized spacial score (nSPS) is 36.6. The standard InChI is InChI=1S/C12H23NO2/c1-12(2,3)15-8-9-6-10-11(7-9)14-5-4-13-10/h9-11,13H,4-8H2,1-3H3. The van der Waals surface area contributed by atoms with Gasteiger partial charge >= 0.3 is 0 Å². The van der Waals surface area contributed by atoms with Gasteiger partial charge in [-0.2, -0.15) is 0 Å². The van der Waals surface area contributed by atoms with Crippen LogP contribution >= 0.6 is 0 Å². The molecule has 1 saturated heterocycles. The number of hydrogen-bond donors (Lipinski definition) is 1. The molecule has 0 aromatic heterocycles. The molecular weight excluding hydrogens is 190 g/mol. The SMILES string of the molecule is CC(C)(C)OCC1CC2NCCOC2C1. The summed E-state index contributed by atoms with van der Waals surface area (Å²) in [5.74, 6) is 0.671. The molecule has 1 N–H and O–H groups in total. The van der Waals surface area contributed by atoms with Crippen molar-refractivity contribution in [2.45, 2.75) is 51.4 Å². The zero-order valence-corrected chi connectivity index (χ0v) is 10.1. The van der Waals surface area contributed by atoms with Crippen LogP contribution in [0, 0.1) is 5.92 Å². The molecule has 2 aliphatic rings. The van der Waals surface area contributed by atoms with Crippen LogP contribution < -0.4 is 5.32 Å². The highest BCUT2D eigenvalue weighted by Gasteiger charge is 2.36. The summed E-state index contributed by atoms with van der Waals surface area (Å²) in [6.45, 7) is 9.10. The Morgan fingerprint density at radius 2 is 2.13 bits per heavy atom. The Kier molecular flexibility index (Phi) is 3.33. The molecule has 2 rings (SSSR count). The summed E-state index contributed by atoms with van der Waals surface area (Å²) < 4.78 is 11.6. The van der Waals surface area contributed by atoms with Crippen LogP contribution in [0.25, 0.3) is 0 Å². The van der Waals surface area contributed by atoms with Crippen LogP contribution in [0.15, 0.2) is 0 Å². The van der Waals surface area contributed by atoms with E-state index in [-0.39, 0.29) is 5.60 Å². The average Bonchev–Trinajstić information content (AvgIpc) is 2.56. The van der Waals surface area contributed by atoms with Crippen molar-refractivity contribution in [1.82, 2.24) is 5.32 Å². The van der Waals surface area contributed by atoms with Gasteiger partial charge in [-0.25, -0.2) is 0 Å². The van der Waals surface area contributed by atoms with E-state index in [4.69, 9.17) is 9.47 Å². The number of ether oxygens (including phenoxy) is 2. The Bertz CT molecular complexity index is 198. The third-order valence-corrected chi connectivity index (χ3v) is 3.19. The van der Waals surface area contributed by atoms with E-state index in [1.54, 1.807) is 0 Å². The van der Waals surface area contributed by atoms with E-state index in [9.17, 15) is 0 Å². The molecule has 0 bridgehead atoms. The number of fused-ring (bicyclic) bond motifs is 1. The molecule has 0 radical (unpaired) electrons. The third-order valence-electron chi connectivity index (χ3n) is 3.19. The highest BCUT2D eigenvalue weighted by molar-refractivity contribution is 4.91. The summed E-state index contributed by atoms with van der Waals surface area (Å²) in [4.78, 5) is 0. The van der Waals surface area contributed by atoms with Crippen molar-refractivity contribution in [3.05, 3.63) is 0 Å². The summed E-state index contributed by atoms with van der Waals surface area (Å²) >= 11 is 0. The largest absolute Gasteiger partial charge is 0.376 e. The molecule has 1 saturated carbocycles. The Morgan fingerprint density at radius 1 is 1.33 bits per heavy atom. The molecule has 15 heavy (non-hydrogen) atoms. The maximum atomic E-state index is 5.84. The second-order valence-electron chi connectivity index (χ2n) is 5.73. The van der Waals surface area contributed by atoms with Gasteiger partial charge in [-0.3, -0.25) is 0 Å². The second kappa shape index (κ2) is 4.40. The van der Waals surface area contributed by atoms with Gasteiger partial charge in [0.25, 0.3) is 0 Å². The molecule has 3 atom stereocenters. The quantitative estimate of drug-likeness (QED) is 0.755. The van der Waals surface area contributed by atoms with Crippen molar-refractivity contribution < 1.29 is 9.47 Å². The van der Waals surface area contributed by atoms with Gasteiger partial charge in [0.2, 0.25) is 0 Å². The molecule has 0 aromatic carbocycles. The Morgan fingerprint density at radius 3 is 2.80 bits per heavy atom. The molecule has 3 heteroatoms. The fourth-order valence-corrected chi connectivity index (χ4v) is 2.46. The molecular formula is C12H23NO2. The van der Waals surface area contributed by atoms with Gasteiger partial charge in [0.05, 0.1) is 24.9 Å². The van der Waals surface area contributed by atoms with Gasteiger partial charge in [0.1, 0.15) is 0 Å². The fourth-order valence-electron chi connectivity index (χ4n) is 2.46. The number of hydrogen-bond acceptors (Lipinski definition) is 3. The minimum Gasteiger partial charge on any atom is -0.376 e. The van der Waals surface area contributed by atoms with Crippen LogP contribution in [0.4, 0.5) is 0 Å². The summed E-state index contributed by atoms with van der Waals surface area (Å²) in [5, 5.41) is 3.53. The first kappa shape index (κ1) is 11.4. The van der Waals surface area contributed by atoms with Crippen LogP contribution in [0.5, 0.6) is 0 Å². The van der Waals surface area contributed by atoms with Gasteiger partial charge in [-0.05, 0) is 39.5 Å². The van der Waals surface area contributed by atoms with Crippen molar-refractivity contribution in [2.24, 2.45) is 5.92 Å². The fraction of sp³-hybridized carbons (Fsp3) is 1.00. The zero-order chi connectivity index (χ0) is 10.9. The average molecular weight is 213 g/mol. The van der Waals surface area contributed by atoms with Crippen LogP contribution in [0.2, 0.25) is 0 Å². The van der Waals surface area contributed by atoms with Gasteiger partial charge in [0, 0.05) is 12.6 Å². The van der Waals surface area contributed by atoms with E-state index >= 15 is 0 Å². The first-order chi connectivity index (χ1) is 7.04. The molecule has 88 valence electrons. The van der Waals surface area contributed by atoms with E-state index in [1.165, 1.54) is 6.42 Å². The van der Waals surface area contributed by atoms with E-state index in [0.717, 1.165) is 26.2 Å². The van der Waals surface area contributed by atoms with Crippen molar-refractivity contribution >= 4 is 0 Å². The van der Waals surface area contributed by atoms with E-state index in [0.29, 0.717) is 18.1 Å². The second-order valence-corrected chi connectivity index (χ2v) is 5.73. The monoisotopic (exact) mass is 213 g/mol. The Balaban J connectivity index is 1.77. The topological polar surface area (TPSA) is 30.5 Å². The Labute approximate surface area is 92.5 Å². The van der Waals surface area contributed by atoms with Gasteiger partial charge < -0.3 is 14.8 Å². The zero-order valence-electron chi connectivity index (χ0n) is 10.1. The first-order valence-corrected chi connectivity index (χ1v) is 6.03. The highest BCUT2D eigenvalue weighted by Crippen LogP contribution is 2.30. The molecule has 1 aliphatic carbocycles. The van der Waals surface area contributed by atoms with Crippen molar-refractivity contribution in [3.63, 3.8) is 0 Å². The molecule has 3 unspecified atom stereocenters. The summed E-state index contributed by atoms with van der Waals surface area (Å²) in [6.07, 6.45) is 2.81. The molecule has 0 amide bonds. The molecule has 1 aliphatic heterocycles. The highest BCUT2D eigenvalue weighted by atomic mass is 16.5. The van der Waals surface area contributed by atoms with E-state index in [2.05, 4.69) is 26.1 Å². The lowest BCUT2D eigenvalue weighted by Gasteiger charge is -2.26. The summed E-state index contributed by atoms with van der Waals surface area (Å²) in [6, 6.07) is 0.576. The lowest BCUT2D eigenvalue weighted by molar-refractivity contribution is -0.0258. The van der Waals surface area contributed by atoms with Gasteiger partial charge in [-0.15, -0.1) is 0 Å². The molecule has 1 heterocycles. The van der Waals surface area contributed by atoms with Crippen LogP contribution in [-0.2, 0) is 9.47 Å². The molecule has 2 fully saturated rings. The van der Waals surface area contributed by atoms with Crippen molar-refractivity contribution in [3.8, 4) is 0 Å². The van der Waals surface area contributed by atoms with Gasteiger partial charge in [0.15, 0.2) is 0 Å².